The highest BCUT2D eigenvalue weighted by Gasteiger charge is 2.18. The number of rotatable bonds is 2. The Balaban J connectivity index is 2.40. The Morgan fingerprint density at radius 1 is 1.29 bits per heavy atom. The van der Waals surface area contributed by atoms with Crippen molar-refractivity contribution in [1.82, 2.24) is 4.98 Å². The molecule has 0 amide bonds. The average Bonchev–Trinajstić information content (AvgIpc) is 2.53. The van der Waals surface area contributed by atoms with E-state index in [1.54, 1.807) is 25.1 Å². The highest BCUT2D eigenvalue weighted by atomic mass is 16.4. The largest absolute Gasteiger partial charge is 0.506 e. The highest BCUT2D eigenvalue weighted by Crippen LogP contribution is 2.39. The van der Waals surface area contributed by atoms with Crippen LogP contribution in [0, 0.1) is 18.3 Å². The van der Waals surface area contributed by atoms with Gasteiger partial charge in [-0.15, -0.1) is 0 Å². The van der Waals surface area contributed by atoms with Gasteiger partial charge in [-0.1, -0.05) is 6.92 Å². The second-order valence-electron chi connectivity index (χ2n) is 5.46. The molecule has 120 valence electrons. The van der Waals surface area contributed by atoms with Crippen LogP contribution < -0.4 is 11.2 Å². The summed E-state index contributed by atoms with van der Waals surface area (Å²) in [6, 6.07) is 7.78. The molecule has 0 saturated heterocycles. The minimum Gasteiger partial charge on any atom is -0.506 e. The van der Waals surface area contributed by atoms with Gasteiger partial charge in [0, 0.05) is 11.6 Å². The van der Waals surface area contributed by atoms with E-state index >= 15 is 0 Å². The Labute approximate surface area is 136 Å². The lowest BCUT2D eigenvalue weighted by Gasteiger charge is -2.13. The number of aromatic hydroxyl groups is 1. The Hall–Kier alpha value is -3.33. The average molecular weight is 322 g/mol. The second-order valence-corrected chi connectivity index (χ2v) is 5.46. The third-order valence-corrected chi connectivity index (χ3v) is 3.97. The maximum absolute atomic E-state index is 11.9. The lowest BCUT2D eigenvalue weighted by atomic mass is 9.97. The molecule has 0 saturated carbocycles. The van der Waals surface area contributed by atoms with Gasteiger partial charge in [-0.25, -0.2) is 4.79 Å². The van der Waals surface area contributed by atoms with Crippen LogP contribution >= 0.6 is 0 Å². The topological polar surface area (TPSA) is 107 Å². The number of phenolic OH excluding ortho intramolecular Hbond substituents is 1. The van der Waals surface area contributed by atoms with Crippen molar-refractivity contribution in [3.63, 3.8) is 0 Å². The zero-order valence-corrected chi connectivity index (χ0v) is 13.1. The van der Waals surface area contributed by atoms with E-state index in [1.165, 1.54) is 12.1 Å². The first-order valence-electron chi connectivity index (χ1n) is 7.39. The van der Waals surface area contributed by atoms with Gasteiger partial charge in [-0.05, 0) is 42.7 Å². The number of nitriles is 1. The zero-order chi connectivity index (χ0) is 17.4. The standard InChI is InChI=1S/C18H14N2O4/c1-3-10-7-14(21)24-13-6-9(2)15(17(22)16(10)13)12-5-4-11(8-19)18(23)20-12/h4-7,22H,3H2,1-2H3,(H,20,23). The van der Waals surface area contributed by atoms with Crippen LogP contribution in [-0.2, 0) is 6.42 Å². The van der Waals surface area contributed by atoms with Gasteiger partial charge in [0.05, 0.1) is 11.1 Å². The molecule has 0 radical (unpaired) electrons. The summed E-state index contributed by atoms with van der Waals surface area (Å²) in [6.07, 6.45) is 0.544. The number of aromatic amines is 1. The fourth-order valence-corrected chi connectivity index (χ4v) is 2.84. The Kier molecular flexibility index (Phi) is 3.70. The first kappa shape index (κ1) is 15.6. The molecule has 0 aliphatic heterocycles. The van der Waals surface area contributed by atoms with Gasteiger partial charge >= 0.3 is 5.63 Å². The first-order chi connectivity index (χ1) is 11.5. The van der Waals surface area contributed by atoms with Gasteiger partial charge < -0.3 is 14.5 Å². The van der Waals surface area contributed by atoms with Crippen LogP contribution in [-0.4, -0.2) is 10.1 Å². The summed E-state index contributed by atoms with van der Waals surface area (Å²) in [5.41, 5.74) is 1.43. The van der Waals surface area contributed by atoms with Crippen molar-refractivity contribution in [2.45, 2.75) is 20.3 Å². The van der Waals surface area contributed by atoms with Crippen molar-refractivity contribution < 1.29 is 9.52 Å². The summed E-state index contributed by atoms with van der Waals surface area (Å²) in [6.45, 7) is 3.61. The third kappa shape index (κ3) is 2.36. The molecule has 0 fully saturated rings. The van der Waals surface area contributed by atoms with Gasteiger partial charge in [-0.2, -0.15) is 5.26 Å². The molecule has 1 aromatic carbocycles. The predicted octanol–water partition coefficient (Wildman–Crippen LogP) is 2.60. The lowest BCUT2D eigenvalue weighted by Crippen LogP contribution is -2.10. The van der Waals surface area contributed by atoms with Crippen LogP contribution in [0.5, 0.6) is 5.75 Å². The Morgan fingerprint density at radius 3 is 2.67 bits per heavy atom. The zero-order valence-electron chi connectivity index (χ0n) is 13.1. The van der Waals surface area contributed by atoms with E-state index < -0.39 is 11.2 Å². The lowest BCUT2D eigenvalue weighted by molar-refractivity contribution is 0.479. The van der Waals surface area contributed by atoms with Crippen LogP contribution in [0.2, 0.25) is 0 Å². The number of nitrogens with one attached hydrogen (secondary N) is 1. The highest BCUT2D eigenvalue weighted by molar-refractivity contribution is 5.94. The van der Waals surface area contributed by atoms with Crippen LogP contribution in [0.1, 0.15) is 23.6 Å². The summed E-state index contributed by atoms with van der Waals surface area (Å²) in [5.74, 6) is -0.0639. The van der Waals surface area contributed by atoms with Crippen molar-refractivity contribution in [3.05, 3.63) is 61.7 Å². The van der Waals surface area contributed by atoms with Gasteiger partial charge in [-0.3, -0.25) is 4.79 Å². The molecule has 0 bridgehead atoms. The van der Waals surface area contributed by atoms with E-state index in [0.717, 1.165) is 0 Å². The molecule has 0 aliphatic rings. The maximum Gasteiger partial charge on any atom is 0.336 e. The molecule has 6 heteroatoms. The molecule has 0 unspecified atom stereocenters. The minimum absolute atomic E-state index is 0.00285. The number of benzene rings is 1. The molecular weight excluding hydrogens is 308 g/mol. The fraction of sp³-hybridized carbons (Fsp3) is 0.167. The quantitative estimate of drug-likeness (QED) is 0.705. The van der Waals surface area contributed by atoms with Crippen molar-refractivity contribution in [2.24, 2.45) is 0 Å². The monoisotopic (exact) mass is 322 g/mol. The van der Waals surface area contributed by atoms with E-state index in [1.807, 2.05) is 6.92 Å². The smallest absolute Gasteiger partial charge is 0.336 e. The second kappa shape index (κ2) is 5.70. The van der Waals surface area contributed by atoms with Gasteiger partial charge in [0.1, 0.15) is 23.0 Å². The molecule has 2 N–H and O–H groups in total. The van der Waals surface area contributed by atoms with Gasteiger partial charge in [0.25, 0.3) is 5.56 Å². The minimum atomic E-state index is -0.524. The number of hydrogen-bond donors (Lipinski definition) is 2. The Morgan fingerprint density at radius 2 is 2.04 bits per heavy atom. The number of pyridine rings is 1. The van der Waals surface area contributed by atoms with E-state index in [-0.39, 0.29) is 11.3 Å². The predicted molar refractivity (Wildman–Crippen MR) is 89.0 cm³/mol. The first-order valence-corrected chi connectivity index (χ1v) is 7.39. The maximum atomic E-state index is 11.9. The summed E-state index contributed by atoms with van der Waals surface area (Å²) >= 11 is 0. The van der Waals surface area contributed by atoms with Crippen molar-refractivity contribution in [2.75, 3.05) is 0 Å². The number of hydrogen-bond acceptors (Lipinski definition) is 5. The van der Waals surface area contributed by atoms with Gasteiger partial charge in [0.2, 0.25) is 0 Å². The van der Waals surface area contributed by atoms with Crippen LogP contribution in [0.15, 0.2) is 38.3 Å². The normalized spacial score (nSPS) is 10.7. The molecule has 6 nitrogen and oxygen atoms in total. The summed E-state index contributed by atoms with van der Waals surface area (Å²) in [5, 5.41) is 20.1. The molecule has 2 aromatic heterocycles. The van der Waals surface area contributed by atoms with Crippen LogP contribution in [0.25, 0.3) is 22.2 Å². The van der Waals surface area contributed by atoms with Crippen LogP contribution in [0.3, 0.4) is 0 Å². The van der Waals surface area contributed by atoms with E-state index in [9.17, 15) is 14.7 Å². The number of phenols is 1. The molecular formula is C18H14N2O4. The fourth-order valence-electron chi connectivity index (χ4n) is 2.84. The van der Waals surface area contributed by atoms with Crippen molar-refractivity contribution >= 4 is 11.0 Å². The van der Waals surface area contributed by atoms with E-state index in [2.05, 4.69) is 4.98 Å². The number of H-pyrrole nitrogens is 1. The van der Waals surface area contributed by atoms with Crippen molar-refractivity contribution in [1.29, 1.82) is 5.26 Å². The number of nitrogens with zero attached hydrogens (tertiary/aromatic N) is 1. The number of aromatic nitrogens is 1. The number of aryl methyl sites for hydroxylation is 2. The van der Waals surface area contributed by atoms with Crippen LogP contribution in [0.4, 0.5) is 0 Å². The number of fused-ring (bicyclic) bond motifs is 1. The summed E-state index contributed by atoms with van der Waals surface area (Å²) in [7, 11) is 0. The van der Waals surface area contributed by atoms with Crippen molar-refractivity contribution in [3.8, 4) is 23.1 Å². The molecule has 2 heterocycles. The molecule has 3 aromatic rings. The molecule has 24 heavy (non-hydrogen) atoms. The molecule has 0 aliphatic carbocycles. The van der Waals surface area contributed by atoms with E-state index in [0.29, 0.717) is 39.8 Å². The van der Waals surface area contributed by atoms with Gasteiger partial charge in [0.15, 0.2) is 0 Å². The third-order valence-electron chi connectivity index (χ3n) is 3.97. The molecule has 3 rings (SSSR count). The van der Waals surface area contributed by atoms with E-state index in [4.69, 9.17) is 9.68 Å². The molecule has 0 spiro atoms. The Bertz CT molecular complexity index is 1120. The molecule has 0 atom stereocenters. The summed E-state index contributed by atoms with van der Waals surface area (Å²) < 4.78 is 5.19. The SMILES string of the molecule is CCc1cc(=O)oc2cc(C)c(-c3ccc(C#N)c(=O)[nH]3)c(O)c12. The summed E-state index contributed by atoms with van der Waals surface area (Å²) in [4.78, 5) is 26.1.